The van der Waals surface area contributed by atoms with Gasteiger partial charge in [0.2, 0.25) is 5.91 Å². The van der Waals surface area contributed by atoms with Gasteiger partial charge in [0.1, 0.15) is 47.4 Å². The maximum absolute atomic E-state index is 13.3. The molecule has 0 saturated carbocycles. The van der Waals surface area contributed by atoms with Crippen molar-refractivity contribution in [3.63, 3.8) is 0 Å². The van der Waals surface area contributed by atoms with Gasteiger partial charge in [-0.05, 0) is 41.5 Å². The number of ether oxygens (including phenoxy) is 3. The summed E-state index contributed by atoms with van der Waals surface area (Å²) < 4.78 is 16.2. The van der Waals surface area contributed by atoms with Gasteiger partial charge in [0, 0.05) is 0 Å². The van der Waals surface area contributed by atoms with E-state index in [0.29, 0.717) is 11.2 Å². The molecular weight excluding hydrogens is 530 g/mol. The van der Waals surface area contributed by atoms with Gasteiger partial charge < -0.3 is 50.5 Å². The van der Waals surface area contributed by atoms with Crippen LogP contribution < -0.4 is 16.0 Å². The predicted molar refractivity (Wildman–Crippen MR) is 139 cm³/mol. The summed E-state index contributed by atoms with van der Waals surface area (Å²) in [6.45, 7) is 9.16. The fourth-order valence-electron chi connectivity index (χ4n) is 3.90. The van der Waals surface area contributed by atoms with Gasteiger partial charge in [-0.15, -0.1) is 0 Å². The Kier molecular flexibility index (Phi) is 9.50. The predicted octanol–water partition coefficient (Wildman–Crippen LogP) is -0.686. The van der Waals surface area contributed by atoms with Crippen LogP contribution in [0.15, 0.2) is 12.7 Å². The summed E-state index contributed by atoms with van der Waals surface area (Å²) >= 11 is 0. The second-order valence-electron chi connectivity index (χ2n) is 11.3. The highest BCUT2D eigenvalue weighted by Crippen LogP contribution is 2.25. The Labute approximate surface area is 230 Å². The summed E-state index contributed by atoms with van der Waals surface area (Å²) in [5.41, 5.74) is -0.969. The van der Waals surface area contributed by atoms with E-state index in [2.05, 4.69) is 35.9 Å². The van der Waals surface area contributed by atoms with Gasteiger partial charge >= 0.3 is 12.1 Å². The molecule has 0 radical (unpaired) electrons. The number of nitrogens with one attached hydrogen (secondary N) is 4. The van der Waals surface area contributed by atoms with Gasteiger partial charge in [-0.3, -0.25) is 9.59 Å². The number of alkyl carbamates (subject to hydrolysis) is 1. The number of nitrogens with zero attached hydrogens (tertiary/aromatic N) is 3. The lowest BCUT2D eigenvalue weighted by Gasteiger charge is -2.43. The first-order chi connectivity index (χ1) is 18.6. The number of aliphatic hydroxyl groups is 3. The van der Waals surface area contributed by atoms with Crippen LogP contribution in [-0.2, 0) is 23.8 Å². The van der Waals surface area contributed by atoms with Gasteiger partial charge in [-0.2, -0.15) is 0 Å². The molecule has 16 heteroatoms. The number of H-pyrrole nitrogens is 1. The van der Waals surface area contributed by atoms with E-state index >= 15 is 0 Å². The number of hydrogen-bond acceptors (Lipinski definition) is 13. The SMILES string of the molecule is CC(C)(C)OC(=O)C[C@@H](NC(=O)OC(C)(C)C)C(=O)N[C@@H]1[C@@H](O)[C@H](O)[C@@H](Nc2ncnc3nc[nH]c23)O[C@H]1CO. The van der Waals surface area contributed by atoms with Crippen molar-refractivity contribution < 1.29 is 43.9 Å². The summed E-state index contributed by atoms with van der Waals surface area (Å²) in [6.07, 6.45) is -4.59. The lowest BCUT2D eigenvalue weighted by Crippen LogP contribution is -2.67. The van der Waals surface area contributed by atoms with E-state index in [9.17, 15) is 29.7 Å². The number of aromatic nitrogens is 4. The van der Waals surface area contributed by atoms with Gasteiger partial charge in [-0.25, -0.2) is 19.7 Å². The van der Waals surface area contributed by atoms with Gasteiger partial charge in [0.15, 0.2) is 17.7 Å². The third kappa shape index (κ3) is 8.20. The molecule has 2 aromatic rings. The van der Waals surface area contributed by atoms with Crippen molar-refractivity contribution in [3.05, 3.63) is 12.7 Å². The molecule has 40 heavy (non-hydrogen) atoms. The molecule has 1 aliphatic rings. The number of carbonyl (C=O) groups excluding carboxylic acids is 3. The third-order valence-corrected chi connectivity index (χ3v) is 5.54. The molecule has 1 aliphatic heterocycles. The molecule has 3 heterocycles. The van der Waals surface area contributed by atoms with Crippen molar-refractivity contribution in [3.8, 4) is 0 Å². The Morgan fingerprint density at radius 2 is 1.73 bits per heavy atom. The Hall–Kier alpha value is -3.60. The number of fused-ring (bicyclic) bond motifs is 1. The van der Waals surface area contributed by atoms with Crippen LogP contribution in [0.5, 0.6) is 0 Å². The molecule has 6 atom stereocenters. The van der Waals surface area contributed by atoms with Gasteiger partial charge in [0.25, 0.3) is 0 Å². The molecule has 3 rings (SSSR count). The first-order valence-corrected chi connectivity index (χ1v) is 12.6. The Balaban J connectivity index is 1.75. The first-order valence-electron chi connectivity index (χ1n) is 12.6. The smallest absolute Gasteiger partial charge is 0.408 e. The van der Waals surface area contributed by atoms with Crippen LogP contribution in [0.4, 0.5) is 10.6 Å². The largest absolute Gasteiger partial charge is 0.460 e. The van der Waals surface area contributed by atoms with Crippen molar-refractivity contribution in [1.82, 2.24) is 30.6 Å². The number of rotatable bonds is 8. The minimum Gasteiger partial charge on any atom is -0.460 e. The van der Waals surface area contributed by atoms with Crippen molar-refractivity contribution >= 4 is 35.0 Å². The molecule has 0 spiro atoms. The normalized spacial score (nSPS) is 24.2. The lowest BCUT2D eigenvalue weighted by molar-refractivity contribution is -0.185. The number of esters is 1. The van der Waals surface area contributed by atoms with Crippen LogP contribution in [0.25, 0.3) is 11.2 Å². The standard InChI is InChI=1S/C24H37N7O9/c1-23(2,3)39-13(33)7-11(29-22(37)40-24(4,5)6)20(36)30-14-12(8-32)38-21(17(35)16(14)34)31-19-15-18(26-9-25-15)27-10-28-19/h9-12,14,16-17,21,32,34-35H,7-8H2,1-6H3,(H,29,37)(H,30,36)(H2,25,26,27,28,31)/t11-,12+,14+,16-,17+,21+/m1/s1. The monoisotopic (exact) mass is 567 g/mol. The first kappa shape index (κ1) is 30.9. The van der Waals surface area contributed by atoms with Crippen LogP contribution in [0, 0.1) is 0 Å². The third-order valence-electron chi connectivity index (χ3n) is 5.54. The number of anilines is 1. The number of carbonyl (C=O) groups is 3. The second kappa shape index (κ2) is 12.3. The van der Waals surface area contributed by atoms with E-state index in [1.165, 1.54) is 12.7 Å². The van der Waals surface area contributed by atoms with E-state index in [0.717, 1.165) is 0 Å². The van der Waals surface area contributed by atoms with Crippen molar-refractivity contribution in [2.45, 2.75) is 95.8 Å². The molecule has 0 unspecified atom stereocenters. The average Bonchev–Trinajstić information content (AvgIpc) is 3.30. The van der Waals surface area contributed by atoms with E-state index < -0.39 is 78.8 Å². The fourth-order valence-corrected chi connectivity index (χ4v) is 3.90. The molecule has 0 bridgehead atoms. The lowest BCUT2D eigenvalue weighted by atomic mass is 9.95. The van der Waals surface area contributed by atoms with Crippen molar-refractivity contribution in [2.75, 3.05) is 11.9 Å². The van der Waals surface area contributed by atoms with Gasteiger partial charge in [0.05, 0.1) is 25.4 Å². The molecule has 222 valence electrons. The number of aromatic amines is 1. The number of hydrogen-bond donors (Lipinski definition) is 7. The summed E-state index contributed by atoms with van der Waals surface area (Å²) in [4.78, 5) is 53.1. The zero-order valence-corrected chi connectivity index (χ0v) is 23.2. The average molecular weight is 568 g/mol. The van der Waals surface area contributed by atoms with E-state index in [1.807, 2.05) is 0 Å². The van der Waals surface area contributed by atoms with Crippen LogP contribution in [0.2, 0.25) is 0 Å². The molecule has 2 amide bonds. The topological polar surface area (TPSA) is 230 Å². The second-order valence-corrected chi connectivity index (χ2v) is 11.3. The maximum atomic E-state index is 13.3. The zero-order chi connectivity index (χ0) is 29.8. The molecular formula is C24H37N7O9. The highest BCUT2D eigenvalue weighted by molar-refractivity contribution is 5.90. The van der Waals surface area contributed by atoms with Crippen LogP contribution in [-0.4, -0.2) is 108 Å². The van der Waals surface area contributed by atoms with Crippen LogP contribution >= 0.6 is 0 Å². The summed E-state index contributed by atoms with van der Waals surface area (Å²) in [6, 6.07) is -2.80. The van der Waals surface area contributed by atoms with Crippen molar-refractivity contribution in [2.24, 2.45) is 0 Å². The Bertz CT molecular complexity index is 1160. The molecule has 1 saturated heterocycles. The number of amides is 2. The zero-order valence-electron chi connectivity index (χ0n) is 23.2. The minimum atomic E-state index is -1.64. The van der Waals surface area contributed by atoms with E-state index in [1.54, 1.807) is 41.5 Å². The minimum absolute atomic E-state index is 0.219. The number of aliphatic hydroxyl groups excluding tert-OH is 3. The Morgan fingerprint density at radius 3 is 2.35 bits per heavy atom. The summed E-state index contributed by atoms with van der Waals surface area (Å²) in [7, 11) is 0. The van der Waals surface area contributed by atoms with Gasteiger partial charge in [-0.1, -0.05) is 0 Å². The molecule has 2 aromatic heterocycles. The molecule has 7 N–H and O–H groups in total. The summed E-state index contributed by atoms with van der Waals surface area (Å²) in [5.74, 6) is -1.46. The van der Waals surface area contributed by atoms with Crippen molar-refractivity contribution in [1.29, 1.82) is 0 Å². The molecule has 1 fully saturated rings. The highest BCUT2D eigenvalue weighted by Gasteiger charge is 2.46. The Morgan fingerprint density at radius 1 is 1.05 bits per heavy atom. The van der Waals surface area contributed by atoms with E-state index in [4.69, 9.17) is 14.2 Å². The molecule has 16 nitrogen and oxygen atoms in total. The van der Waals surface area contributed by atoms with Crippen LogP contribution in [0.1, 0.15) is 48.0 Å². The summed E-state index contributed by atoms with van der Waals surface area (Å²) in [5, 5.41) is 39.3. The molecule has 0 aliphatic carbocycles. The highest BCUT2D eigenvalue weighted by atomic mass is 16.6. The maximum Gasteiger partial charge on any atom is 0.408 e. The van der Waals surface area contributed by atoms with E-state index in [-0.39, 0.29) is 5.82 Å². The quantitative estimate of drug-likeness (QED) is 0.196. The fraction of sp³-hybridized carbons (Fsp3) is 0.667. The molecule has 0 aromatic carbocycles. The van der Waals surface area contributed by atoms with Crippen LogP contribution in [0.3, 0.4) is 0 Å². The number of imidazole rings is 1.